The molecule has 1 fully saturated rings. The number of ether oxygens (including phenoxy) is 2. The molecule has 3 rings (SSSR count). The number of aliphatic hydroxyl groups is 1. The Kier molecular flexibility index (Phi) is 7.97. The van der Waals surface area contributed by atoms with Crippen LogP contribution in [0.25, 0.3) is 0 Å². The minimum absolute atomic E-state index is 0.0781. The van der Waals surface area contributed by atoms with Gasteiger partial charge in [-0.1, -0.05) is 32.9 Å². The number of pyridine rings is 1. The zero-order chi connectivity index (χ0) is 24.1. The highest BCUT2D eigenvalue weighted by atomic mass is 16.5. The van der Waals surface area contributed by atoms with Crippen LogP contribution in [0.1, 0.15) is 44.9 Å². The molecule has 0 aliphatic carbocycles. The maximum Gasteiger partial charge on any atom is 0.225 e. The molecule has 1 amide bonds. The fourth-order valence-corrected chi connectivity index (χ4v) is 4.36. The lowest BCUT2D eigenvalue weighted by Gasteiger charge is -2.42. The van der Waals surface area contributed by atoms with Crippen molar-refractivity contribution in [1.29, 1.82) is 0 Å². The molecule has 1 aliphatic heterocycles. The topological polar surface area (TPSA) is 83.9 Å². The van der Waals surface area contributed by atoms with E-state index in [4.69, 9.17) is 9.47 Å². The number of hydrogen-bond acceptors (Lipinski definition) is 6. The van der Waals surface area contributed by atoms with E-state index in [0.717, 1.165) is 36.4 Å². The number of methoxy groups -OCH3 is 2. The van der Waals surface area contributed by atoms with Crippen LogP contribution in [0.3, 0.4) is 0 Å². The average Bonchev–Trinajstić information content (AvgIpc) is 2.82. The molecule has 2 atom stereocenters. The van der Waals surface area contributed by atoms with Gasteiger partial charge >= 0.3 is 0 Å². The van der Waals surface area contributed by atoms with E-state index in [9.17, 15) is 9.90 Å². The number of nitrogens with one attached hydrogen (secondary N) is 1. The van der Waals surface area contributed by atoms with E-state index in [1.165, 1.54) is 0 Å². The number of aromatic nitrogens is 1. The van der Waals surface area contributed by atoms with E-state index in [2.05, 4.69) is 15.2 Å². The fraction of sp³-hybridized carbons (Fsp3) is 0.538. The van der Waals surface area contributed by atoms with Gasteiger partial charge in [0.05, 0.1) is 26.5 Å². The average molecular weight is 456 g/mol. The second-order valence-electron chi connectivity index (χ2n) is 9.82. The molecule has 33 heavy (non-hydrogen) atoms. The summed E-state index contributed by atoms with van der Waals surface area (Å²) < 4.78 is 10.9. The third-order valence-corrected chi connectivity index (χ3v) is 6.38. The van der Waals surface area contributed by atoms with Gasteiger partial charge in [0.1, 0.15) is 17.1 Å². The van der Waals surface area contributed by atoms with Crippen LogP contribution in [0.2, 0.25) is 0 Å². The number of amides is 1. The monoisotopic (exact) mass is 455 g/mol. The lowest BCUT2D eigenvalue weighted by molar-refractivity contribution is -0.131. The molecule has 0 unspecified atom stereocenters. The molecule has 0 spiro atoms. The Morgan fingerprint density at radius 1 is 1.21 bits per heavy atom. The molecular weight excluding hydrogens is 418 g/mol. The van der Waals surface area contributed by atoms with Gasteiger partial charge in [-0.05, 0) is 37.6 Å². The quantitative estimate of drug-likeness (QED) is 0.635. The molecule has 7 nitrogen and oxygen atoms in total. The van der Waals surface area contributed by atoms with E-state index in [1.54, 1.807) is 20.4 Å². The number of carbonyl (C=O) groups excluding carboxylic acids is 1. The maximum atomic E-state index is 12.6. The lowest BCUT2D eigenvalue weighted by atomic mass is 9.78. The summed E-state index contributed by atoms with van der Waals surface area (Å²) in [7, 11) is 3.30. The predicted octanol–water partition coefficient (Wildman–Crippen LogP) is 3.36. The maximum absolute atomic E-state index is 12.6. The Morgan fingerprint density at radius 3 is 2.64 bits per heavy atom. The van der Waals surface area contributed by atoms with Crippen molar-refractivity contribution in [2.45, 2.75) is 45.8 Å². The van der Waals surface area contributed by atoms with E-state index in [1.807, 2.05) is 57.2 Å². The Morgan fingerprint density at radius 2 is 2.00 bits per heavy atom. The van der Waals surface area contributed by atoms with Gasteiger partial charge in [0, 0.05) is 42.2 Å². The van der Waals surface area contributed by atoms with Gasteiger partial charge in [0.25, 0.3) is 0 Å². The number of piperidine rings is 1. The Labute approximate surface area is 197 Å². The van der Waals surface area contributed by atoms with Crippen molar-refractivity contribution in [2.24, 2.45) is 11.3 Å². The van der Waals surface area contributed by atoms with Crippen molar-refractivity contribution in [3.63, 3.8) is 0 Å². The normalized spacial score (nSPS) is 18.9. The smallest absolute Gasteiger partial charge is 0.225 e. The van der Waals surface area contributed by atoms with Crippen LogP contribution in [0.5, 0.6) is 11.5 Å². The molecular formula is C26H37N3O4. The third-order valence-electron chi connectivity index (χ3n) is 6.38. The lowest BCUT2D eigenvalue weighted by Crippen LogP contribution is -2.53. The fourth-order valence-electron chi connectivity index (χ4n) is 4.36. The molecule has 0 saturated carbocycles. The summed E-state index contributed by atoms with van der Waals surface area (Å²) in [5.74, 6) is 1.37. The summed E-state index contributed by atoms with van der Waals surface area (Å²) in [6.45, 7) is 8.05. The molecule has 1 saturated heterocycles. The van der Waals surface area contributed by atoms with Crippen LogP contribution >= 0.6 is 0 Å². The summed E-state index contributed by atoms with van der Waals surface area (Å²) in [4.78, 5) is 19.4. The zero-order valence-electron chi connectivity index (χ0n) is 20.4. The predicted molar refractivity (Wildman–Crippen MR) is 128 cm³/mol. The van der Waals surface area contributed by atoms with E-state index >= 15 is 0 Å². The minimum atomic E-state index is -1.26. The minimum Gasteiger partial charge on any atom is -0.497 e. The number of nitrogens with zero attached hydrogens (tertiary/aromatic N) is 2. The van der Waals surface area contributed by atoms with Gasteiger partial charge in [-0.15, -0.1) is 0 Å². The van der Waals surface area contributed by atoms with Gasteiger partial charge < -0.3 is 19.9 Å². The highest BCUT2D eigenvalue weighted by molar-refractivity contribution is 5.81. The van der Waals surface area contributed by atoms with Crippen LogP contribution in [-0.4, -0.2) is 54.8 Å². The highest BCUT2D eigenvalue weighted by Gasteiger charge is 2.42. The van der Waals surface area contributed by atoms with Gasteiger partial charge in [-0.25, -0.2) is 0 Å². The van der Waals surface area contributed by atoms with Gasteiger partial charge in [0.2, 0.25) is 5.91 Å². The third kappa shape index (κ3) is 6.03. The molecule has 7 heteroatoms. The number of carbonyl (C=O) groups is 1. The molecule has 0 radical (unpaired) electrons. The summed E-state index contributed by atoms with van der Waals surface area (Å²) in [6.07, 6.45) is 3.49. The molecule has 1 aromatic carbocycles. The van der Waals surface area contributed by atoms with Crippen molar-refractivity contribution in [3.8, 4) is 11.5 Å². The number of rotatable bonds is 8. The van der Waals surface area contributed by atoms with Crippen LogP contribution in [0.15, 0.2) is 42.6 Å². The molecule has 180 valence electrons. The Bertz CT molecular complexity index is 929. The van der Waals surface area contributed by atoms with E-state index in [0.29, 0.717) is 18.8 Å². The Balaban J connectivity index is 1.81. The van der Waals surface area contributed by atoms with Crippen LogP contribution in [-0.2, 0) is 16.9 Å². The summed E-state index contributed by atoms with van der Waals surface area (Å²) in [5.41, 5.74) is -0.131. The molecule has 1 aromatic heterocycles. The van der Waals surface area contributed by atoms with Crippen molar-refractivity contribution in [1.82, 2.24) is 15.2 Å². The molecule has 2 heterocycles. The molecule has 2 aromatic rings. The zero-order valence-corrected chi connectivity index (χ0v) is 20.4. The van der Waals surface area contributed by atoms with E-state index in [-0.39, 0.29) is 18.4 Å². The first-order chi connectivity index (χ1) is 15.7. The van der Waals surface area contributed by atoms with Crippen LogP contribution in [0.4, 0.5) is 0 Å². The van der Waals surface area contributed by atoms with Crippen molar-refractivity contribution >= 4 is 5.91 Å². The number of hydrogen-bond donors (Lipinski definition) is 2. The molecule has 0 bridgehead atoms. The van der Waals surface area contributed by atoms with Crippen molar-refractivity contribution in [3.05, 3.63) is 53.9 Å². The first-order valence-corrected chi connectivity index (χ1v) is 11.5. The highest BCUT2D eigenvalue weighted by Crippen LogP contribution is 2.36. The van der Waals surface area contributed by atoms with Gasteiger partial charge in [-0.2, -0.15) is 0 Å². The van der Waals surface area contributed by atoms with Crippen LogP contribution < -0.4 is 14.8 Å². The summed E-state index contributed by atoms with van der Waals surface area (Å²) >= 11 is 0. The second-order valence-corrected chi connectivity index (χ2v) is 9.82. The van der Waals surface area contributed by atoms with Gasteiger partial charge in [-0.3, -0.25) is 14.7 Å². The SMILES string of the molecule is COc1ccc(CN2CCC[C@@H]([C@](O)(CNC(=O)C(C)(C)C)c3ccccn3)C2)c(OC)c1. The summed E-state index contributed by atoms with van der Waals surface area (Å²) in [6, 6.07) is 11.4. The van der Waals surface area contributed by atoms with Crippen molar-refractivity contribution in [2.75, 3.05) is 33.9 Å². The molecule has 2 N–H and O–H groups in total. The standard InChI is InChI=1S/C26H37N3O4/c1-25(2,3)24(30)28-18-26(31,23-10-6-7-13-27-23)20-9-8-14-29(17-20)16-19-11-12-21(32-4)15-22(19)33-5/h6-7,10-13,15,20,31H,8-9,14,16-18H2,1-5H3,(H,28,30)/t20-,26-/m1/s1. The number of likely N-dealkylation sites (tertiary alicyclic amines) is 1. The molecule has 1 aliphatic rings. The Hall–Kier alpha value is -2.64. The second kappa shape index (κ2) is 10.5. The first-order valence-electron chi connectivity index (χ1n) is 11.5. The largest absolute Gasteiger partial charge is 0.497 e. The van der Waals surface area contributed by atoms with Crippen LogP contribution in [0, 0.1) is 11.3 Å². The number of benzene rings is 1. The first kappa shape index (κ1) is 25.0. The van der Waals surface area contributed by atoms with E-state index < -0.39 is 11.0 Å². The summed E-state index contributed by atoms with van der Waals surface area (Å²) in [5, 5.41) is 14.9. The van der Waals surface area contributed by atoms with Crippen molar-refractivity contribution < 1.29 is 19.4 Å². The van der Waals surface area contributed by atoms with Gasteiger partial charge in [0.15, 0.2) is 0 Å².